The van der Waals surface area contributed by atoms with Crippen LogP contribution >= 0.6 is 22.7 Å². The minimum atomic E-state index is -0.0741. The van der Waals surface area contributed by atoms with E-state index < -0.39 is 0 Å². The van der Waals surface area contributed by atoms with Crippen molar-refractivity contribution in [2.24, 2.45) is 5.92 Å². The quantitative estimate of drug-likeness (QED) is 0.828. The Hall–Kier alpha value is -1.73. The molecule has 7 heteroatoms. The van der Waals surface area contributed by atoms with Gasteiger partial charge in [-0.1, -0.05) is 0 Å². The summed E-state index contributed by atoms with van der Waals surface area (Å²) in [5, 5.41) is 4.38. The highest BCUT2D eigenvalue weighted by Gasteiger charge is 2.30. The van der Waals surface area contributed by atoms with E-state index in [-0.39, 0.29) is 17.6 Å². The summed E-state index contributed by atoms with van der Waals surface area (Å²) in [5.41, 5.74) is 7.52. The summed E-state index contributed by atoms with van der Waals surface area (Å²) in [6, 6.07) is 1.98. The van der Waals surface area contributed by atoms with Crippen molar-refractivity contribution in [2.75, 3.05) is 18.8 Å². The first-order chi connectivity index (χ1) is 11.5. The van der Waals surface area contributed by atoms with Crippen LogP contribution in [-0.2, 0) is 11.2 Å². The van der Waals surface area contributed by atoms with E-state index in [1.807, 2.05) is 28.7 Å². The third kappa shape index (κ3) is 3.84. The monoisotopic (exact) mass is 363 g/mol. The predicted octanol–water partition coefficient (Wildman–Crippen LogP) is 3.15. The van der Waals surface area contributed by atoms with Crippen LogP contribution < -0.4 is 5.73 Å². The maximum Gasteiger partial charge on any atom is 0.222 e. The molecule has 0 aromatic carbocycles. The molecule has 24 heavy (non-hydrogen) atoms. The van der Waals surface area contributed by atoms with E-state index in [1.54, 1.807) is 0 Å². The third-order valence-electron chi connectivity index (χ3n) is 4.40. The maximum atomic E-state index is 12.7. The van der Waals surface area contributed by atoms with Crippen molar-refractivity contribution in [3.63, 3.8) is 0 Å². The first-order valence-corrected chi connectivity index (χ1v) is 9.86. The lowest BCUT2D eigenvalue weighted by Gasteiger charge is -2.32. The molecule has 2 aromatic heterocycles. The van der Waals surface area contributed by atoms with Gasteiger partial charge in [0, 0.05) is 30.8 Å². The van der Waals surface area contributed by atoms with Crippen molar-refractivity contribution < 1.29 is 9.59 Å². The molecular formula is C17H21N3O2S2. The van der Waals surface area contributed by atoms with Gasteiger partial charge >= 0.3 is 0 Å². The fourth-order valence-electron chi connectivity index (χ4n) is 3.06. The number of thiazole rings is 1. The average Bonchev–Trinajstić information content (AvgIpc) is 3.20. The van der Waals surface area contributed by atoms with Gasteiger partial charge < -0.3 is 10.6 Å². The van der Waals surface area contributed by atoms with Gasteiger partial charge in [0.1, 0.15) is 0 Å². The Morgan fingerprint density at radius 3 is 2.92 bits per heavy atom. The number of likely N-dealkylation sites (tertiary alicyclic amines) is 1. The molecule has 0 bridgehead atoms. The van der Waals surface area contributed by atoms with Crippen molar-refractivity contribution in [2.45, 2.75) is 32.6 Å². The number of aromatic nitrogens is 1. The molecule has 1 atom stereocenters. The summed E-state index contributed by atoms with van der Waals surface area (Å²) < 4.78 is 0. The molecule has 2 N–H and O–H groups in total. The number of carbonyl (C=O) groups is 2. The van der Waals surface area contributed by atoms with Crippen LogP contribution in [-0.4, -0.2) is 34.7 Å². The summed E-state index contributed by atoms with van der Waals surface area (Å²) in [4.78, 5) is 32.0. The number of nitrogens with zero attached hydrogens (tertiary/aromatic N) is 2. The molecule has 0 unspecified atom stereocenters. The van der Waals surface area contributed by atoms with Crippen LogP contribution in [0.4, 0.5) is 5.13 Å². The van der Waals surface area contributed by atoms with Gasteiger partial charge in [-0.05, 0) is 43.2 Å². The molecule has 5 nitrogen and oxygen atoms in total. The summed E-state index contributed by atoms with van der Waals surface area (Å²) in [6.07, 6.45) is 2.77. The zero-order valence-electron chi connectivity index (χ0n) is 13.7. The first-order valence-electron chi connectivity index (χ1n) is 8.10. The Morgan fingerprint density at radius 2 is 2.25 bits per heavy atom. The fraction of sp³-hybridized carbons (Fsp3) is 0.471. The molecule has 3 heterocycles. The molecule has 1 aliphatic heterocycles. The van der Waals surface area contributed by atoms with Gasteiger partial charge in [0.15, 0.2) is 10.9 Å². The molecule has 3 rings (SSSR count). The van der Waals surface area contributed by atoms with Crippen molar-refractivity contribution in [3.05, 3.63) is 33.0 Å². The number of carbonyl (C=O) groups excluding carboxylic acids is 2. The van der Waals surface area contributed by atoms with Gasteiger partial charge in [0.2, 0.25) is 5.91 Å². The number of thiophene rings is 1. The molecule has 0 spiro atoms. The lowest BCUT2D eigenvalue weighted by molar-refractivity contribution is -0.132. The van der Waals surface area contributed by atoms with Gasteiger partial charge in [-0.15, -0.1) is 22.7 Å². The minimum Gasteiger partial charge on any atom is -0.375 e. The third-order valence-corrected chi connectivity index (χ3v) is 6.15. The molecule has 1 amide bonds. The number of nitrogen functional groups attached to an aromatic ring is 1. The Morgan fingerprint density at radius 1 is 1.42 bits per heavy atom. The van der Waals surface area contributed by atoms with Crippen molar-refractivity contribution in [1.29, 1.82) is 0 Å². The second-order valence-electron chi connectivity index (χ2n) is 6.15. The summed E-state index contributed by atoms with van der Waals surface area (Å²) in [6.45, 7) is 3.24. The van der Waals surface area contributed by atoms with Crippen molar-refractivity contribution in [3.8, 4) is 0 Å². The molecule has 1 saturated heterocycles. The highest BCUT2D eigenvalue weighted by molar-refractivity contribution is 7.13. The molecule has 0 radical (unpaired) electrons. The van der Waals surface area contributed by atoms with Crippen LogP contribution in [0.1, 0.15) is 40.2 Å². The van der Waals surface area contributed by atoms with Gasteiger partial charge in [0.25, 0.3) is 0 Å². The van der Waals surface area contributed by atoms with E-state index in [0.717, 1.165) is 35.5 Å². The van der Waals surface area contributed by atoms with E-state index in [9.17, 15) is 9.59 Å². The van der Waals surface area contributed by atoms with Gasteiger partial charge in [-0.3, -0.25) is 9.59 Å². The van der Waals surface area contributed by atoms with E-state index >= 15 is 0 Å². The van der Waals surface area contributed by atoms with Crippen LogP contribution in [0.2, 0.25) is 0 Å². The van der Waals surface area contributed by atoms with E-state index in [2.05, 4.69) is 4.98 Å². The highest BCUT2D eigenvalue weighted by Crippen LogP contribution is 2.26. The molecule has 0 aliphatic carbocycles. The van der Waals surface area contributed by atoms with Crippen LogP contribution in [0.5, 0.6) is 0 Å². The second-order valence-corrected chi connectivity index (χ2v) is 7.96. The number of hydrogen-bond acceptors (Lipinski definition) is 6. The number of ketones is 1. The summed E-state index contributed by atoms with van der Waals surface area (Å²) in [7, 11) is 0. The Bertz CT molecular complexity index is 738. The normalized spacial score (nSPS) is 17.9. The lowest BCUT2D eigenvalue weighted by Crippen LogP contribution is -2.42. The summed E-state index contributed by atoms with van der Waals surface area (Å²) in [5.74, 6) is 0.212. The van der Waals surface area contributed by atoms with Gasteiger partial charge in [-0.2, -0.15) is 0 Å². The summed E-state index contributed by atoms with van der Waals surface area (Å²) >= 11 is 2.89. The number of rotatable bonds is 5. The molecule has 128 valence electrons. The van der Waals surface area contributed by atoms with Crippen LogP contribution in [0.3, 0.4) is 0 Å². The standard InChI is InChI=1S/C17H21N3O2S2/c1-11-6-8-23-16(11)15(22)12-3-2-7-20(9-12)14(21)5-4-13-10-24-17(18)19-13/h6,8,10,12H,2-5,7,9H2,1H3,(H2,18,19)/t12-/m0/s1. The maximum absolute atomic E-state index is 12.7. The Labute approximate surface area is 149 Å². The van der Waals surface area contributed by atoms with Gasteiger partial charge in [-0.25, -0.2) is 4.98 Å². The number of nitrogens with two attached hydrogens (primary N) is 1. The van der Waals surface area contributed by atoms with Crippen LogP contribution in [0.25, 0.3) is 0 Å². The number of anilines is 1. The Balaban J connectivity index is 1.57. The largest absolute Gasteiger partial charge is 0.375 e. The van der Waals surface area contributed by atoms with Crippen molar-refractivity contribution in [1.82, 2.24) is 9.88 Å². The zero-order valence-corrected chi connectivity index (χ0v) is 15.3. The van der Waals surface area contributed by atoms with Crippen molar-refractivity contribution >= 4 is 39.5 Å². The highest BCUT2D eigenvalue weighted by atomic mass is 32.1. The predicted molar refractivity (Wildman–Crippen MR) is 97.5 cm³/mol. The van der Waals surface area contributed by atoms with E-state index in [4.69, 9.17) is 5.73 Å². The SMILES string of the molecule is Cc1ccsc1C(=O)[C@H]1CCCN(C(=O)CCc2csc(N)n2)C1. The number of piperidine rings is 1. The van der Waals surface area contributed by atoms with E-state index in [0.29, 0.717) is 24.5 Å². The number of aryl methyl sites for hydroxylation is 2. The van der Waals surface area contributed by atoms with Gasteiger partial charge in [0.05, 0.1) is 10.6 Å². The van der Waals surface area contributed by atoms with Crippen LogP contribution in [0, 0.1) is 12.8 Å². The first kappa shape index (κ1) is 17.1. The Kier molecular flexibility index (Phi) is 5.30. The second kappa shape index (κ2) is 7.44. The van der Waals surface area contributed by atoms with Crippen LogP contribution in [0.15, 0.2) is 16.8 Å². The topological polar surface area (TPSA) is 76.3 Å². The molecule has 2 aromatic rings. The number of amides is 1. The zero-order chi connectivity index (χ0) is 17.1. The molecular weight excluding hydrogens is 342 g/mol. The lowest BCUT2D eigenvalue weighted by atomic mass is 9.92. The number of hydrogen-bond donors (Lipinski definition) is 1. The van der Waals surface area contributed by atoms with E-state index in [1.165, 1.54) is 22.7 Å². The average molecular weight is 364 g/mol. The smallest absolute Gasteiger partial charge is 0.222 e. The molecule has 1 aliphatic rings. The number of Topliss-reactive ketones (excluding diaryl/α,β-unsaturated/α-hetero) is 1. The molecule has 0 saturated carbocycles. The fourth-order valence-corrected chi connectivity index (χ4v) is 4.60. The molecule has 1 fully saturated rings. The minimum absolute atomic E-state index is 0.0741.